The maximum absolute atomic E-state index is 12.4. The summed E-state index contributed by atoms with van der Waals surface area (Å²) >= 11 is 0. The summed E-state index contributed by atoms with van der Waals surface area (Å²) in [6, 6.07) is 16.7. The number of fused-ring (bicyclic) bond motifs is 3. The first-order chi connectivity index (χ1) is 13.9. The van der Waals surface area contributed by atoms with Gasteiger partial charge in [0, 0.05) is 37.9 Å². The smallest absolute Gasteiger partial charge is 0.410 e. The number of ether oxygens (including phenoxy) is 2. The molecule has 6 heteroatoms. The van der Waals surface area contributed by atoms with Crippen LogP contribution in [0.3, 0.4) is 0 Å². The van der Waals surface area contributed by atoms with Crippen LogP contribution in [0, 0.1) is 0 Å². The number of nitrogens with zero attached hydrogens (tertiary/aromatic N) is 2. The lowest BCUT2D eigenvalue weighted by Crippen LogP contribution is -2.59. The summed E-state index contributed by atoms with van der Waals surface area (Å²) in [5.41, 5.74) is 2.89. The first-order valence-electron chi connectivity index (χ1n) is 10.2. The van der Waals surface area contributed by atoms with Crippen LogP contribution >= 0.6 is 0 Å². The molecule has 154 valence electrons. The van der Waals surface area contributed by atoms with Gasteiger partial charge in [0.1, 0.15) is 18.0 Å². The quantitative estimate of drug-likeness (QED) is 0.847. The second-order valence-corrected chi connectivity index (χ2v) is 8.61. The predicted molar refractivity (Wildman–Crippen MR) is 115 cm³/mol. The van der Waals surface area contributed by atoms with Gasteiger partial charge in [-0.25, -0.2) is 4.79 Å². The molecular formula is C23H29N3O3. The number of amides is 1. The number of piperazine rings is 1. The van der Waals surface area contributed by atoms with Crippen molar-refractivity contribution in [1.29, 1.82) is 0 Å². The van der Waals surface area contributed by atoms with E-state index in [-0.39, 0.29) is 12.1 Å². The largest absolute Gasteiger partial charge is 0.489 e. The third-order valence-corrected chi connectivity index (χ3v) is 5.17. The molecule has 4 rings (SSSR count). The molecule has 1 amide bonds. The van der Waals surface area contributed by atoms with E-state index in [1.165, 1.54) is 5.56 Å². The van der Waals surface area contributed by atoms with Crippen molar-refractivity contribution in [3.63, 3.8) is 0 Å². The summed E-state index contributed by atoms with van der Waals surface area (Å²) in [5.74, 6) is 0.894. The van der Waals surface area contributed by atoms with Gasteiger partial charge in [0.15, 0.2) is 0 Å². The van der Waals surface area contributed by atoms with Gasteiger partial charge in [-0.05, 0) is 38.5 Å². The van der Waals surface area contributed by atoms with E-state index in [1.54, 1.807) is 4.90 Å². The number of carbonyl (C=O) groups is 1. The Morgan fingerprint density at radius 2 is 1.97 bits per heavy atom. The van der Waals surface area contributed by atoms with Crippen molar-refractivity contribution in [3.8, 4) is 5.75 Å². The Balaban J connectivity index is 1.40. The van der Waals surface area contributed by atoms with Crippen LogP contribution in [0.25, 0.3) is 0 Å². The van der Waals surface area contributed by atoms with Crippen LogP contribution in [0.5, 0.6) is 5.75 Å². The van der Waals surface area contributed by atoms with Gasteiger partial charge in [-0.3, -0.25) is 0 Å². The molecule has 0 saturated carbocycles. The van der Waals surface area contributed by atoms with Crippen molar-refractivity contribution in [2.45, 2.75) is 39.0 Å². The molecule has 1 N–H and O–H groups in total. The second kappa shape index (κ2) is 7.85. The lowest BCUT2D eigenvalue weighted by Gasteiger charge is -2.45. The van der Waals surface area contributed by atoms with Gasteiger partial charge < -0.3 is 24.6 Å². The fourth-order valence-electron chi connectivity index (χ4n) is 3.77. The van der Waals surface area contributed by atoms with E-state index in [9.17, 15) is 4.79 Å². The molecule has 0 spiro atoms. The molecule has 1 fully saturated rings. The maximum Gasteiger partial charge on any atom is 0.410 e. The highest BCUT2D eigenvalue weighted by Crippen LogP contribution is 2.37. The summed E-state index contributed by atoms with van der Waals surface area (Å²) in [6.07, 6.45) is -0.247. The highest BCUT2D eigenvalue weighted by Gasteiger charge is 2.36. The average Bonchev–Trinajstić information content (AvgIpc) is 2.71. The van der Waals surface area contributed by atoms with E-state index in [0.29, 0.717) is 19.7 Å². The number of benzene rings is 2. The fraction of sp³-hybridized carbons (Fsp3) is 0.435. The Kier molecular flexibility index (Phi) is 5.26. The normalized spacial score (nSPS) is 18.4. The van der Waals surface area contributed by atoms with Gasteiger partial charge in [-0.15, -0.1) is 0 Å². The van der Waals surface area contributed by atoms with Gasteiger partial charge in [-0.2, -0.15) is 0 Å². The molecule has 2 aromatic rings. The van der Waals surface area contributed by atoms with E-state index in [4.69, 9.17) is 9.47 Å². The Labute approximate surface area is 172 Å². The summed E-state index contributed by atoms with van der Waals surface area (Å²) in [7, 11) is 0. The third-order valence-electron chi connectivity index (χ3n) is 5.17. The molecule has 0 bridgehead atoms. The van der Waals surface area contributed by atoms with Crippen LogP contribution < -0.4 is 15.0 Å². The molecule has 0 aliphatic carbocycles. The zero-order chi connectivity index (χ0) is 20.4. The Morgan fingerprint density at radius 3 is 2.72 bits per heavy atom. The van der Waals surface area contributed by atoms with Gasteiger partial charge >= 0.3 is 6.09 Å². The van der Waals surface area contributed by atoms with Gasteiger partial charge in [-0.1, -0.05) is 30.3 Å². The summed E-state index contributed by atoms with van der Waals surface area (Å²) < 4.78 is 11.6. The molecule has 1 atom stereocenters. The van der Waals surface area contributed by atoms with E-state index in [1.807, 2.05) is 39.0 Å². The van der Waals surface area contributed by atoms with E-state index >= 15 is 0 Å². The minimum Gasteiger partial charge on any atom is -0.489 e. The number of hydrogen-bond acceptors (Lipinski definition) is 5. The molecule has 1 saturated heterocycles. The average molecular weight is 396 g/mol. The monoisotopic (exact) mass is 395 g/mol. The first kappa shape index (κ1) is 19.4. The summed E-state index contributed by atoms with van der Waals surface area (Å²) in [4.78, 5) is 16.5. The topological polar surface area (TPSA) is 54.0 Å². The van der Waals surface area contributed by atoms with Crippen molar-refractivity contribution in [2.75, 3.05) is 36.5 Å². The lowest BCUT2D eigenvalue weighted by atomic mass is 10.1. The molecule has 2 heterocycles. The van der Waals surface area contributed by atoms with Crippen LogP contribution in [0.15, 0.2) is 48.5 Å². The molecule has 2 aromatic carbocycles. The van der Waals surface area contributed by atoms with E-state index in [0.717, 1.165) is 30.2 Å². The lowest BCUT2D eigenvalue weighted by molar-refractivity contribution is 0.0195. The van der Waals surface area contributed by atoms with Crippen LogP contribution in [-0.4, -0.2) is 48.9 Å². The Bertz CT molecular complexity index is 863. The van der Waals surface area contributed by atoms with Crippen molar-refractivity contribution in [1.82, 2.24) is 4.90 Å². The van der Waals surface area contributed by atoms with Gasteiger partial charge in [0.05, 0.1) is 11.7 Å². The fourth-order valence-corrected chi connectivity index (χ4v) is 3.77. The van der Waals surface area contributed by atoms with Crippen molar-refractivity contribution in [2.24, 2.45) is 0 Å². The third kappa shape index (κ3) is 4.58. The molecule has 2 aliphatic heterocycles. The SMILES string of the molecule is CC(C)(C)OC(=O)N1CCN2c3ccc(NCc4ccccc4)cc3OC[C@H]2C1. The maximum atomic E-state index is 12.4. The molecule has 29 heavy (non-hydrogen) atoms. The highest BCUT2D eigenvalue weighted by atomic mass is 16.6. The highest BCUT2D eigenvalue weighted by molar-refractivity contribution is 5.70. The molecule has 0 radical (unpaired) electrons. The first-order valence-corrected chi connectivity index (χ1v) is 10.2. The number of rotatable bonds is 3. The molecule has 6 nitrogen and oxygen atoms in total. The van der Waals surface area contributed by atoms with E-state index in [2.05, 4.69) is 40.5 Å². The molecule has 0 unspecified atom stereocenters. The number of carbonyl (C=O) groups excluding carboxylic acids is 1. The Morgan fingerprint density at radius 1 is 1.17 bits per heavy atom. The van der Waals surface area contributed by atoms with Crippen molar-refractivity contribution < 1.29 is 14.3 Å². The summed E-state index contributed by atoms with van der Waals surface area (Å²) in [6.45, 7) is 9.06. The Hall–Kier alpha value is -2.89. The zero-order valence-electron chi connectivity index (χ0n) is 17.4. The van der Waals surface area contributed by atoms with Crippen LogP contribution in [0.2, 0.25) is 0 Å². The number of hydrogen-bond donors (Lipinski definition) is 1. The van der Waals surface area contributed by atoms with Crippen LogP contribution in [0.4, 0.5) is 16.2 Å². The molecular weight excluding hydrogens is 366 g/mol. The van der Waals surface area contributed by atoms with Crippen LogP contribution in [0.1, 0.15) is 26.3 Å². The minimum atomic E-state index is -0.479. The van der Waals surface area contributed by atoms with Gasteiger partial charge in [0.25, 0.3) is 0 Å². The van der Waals surface area contributed by atoms with E-state index < -0.39 is 5.60 Å². The number of anilines is 2. The number of nitrogens with one attached hydrogen (secondary N) is 1. The van der Waals surface area contributed by atoms with Crippen molar-refractivity contribution in [3.05, 3.63) is 54.1 Å². The predicted octanol–water partition coefficient (Wildman–Crippen LogP) is 4.12. The minimum absolute atomic E-state index is 0.145. The standard InChI is InChI=1S/C23H29N3O3/c1-23(2,3)29-22(27)25-11-12-26-19(15-25)16-28-21-13-18(9-10-20(21)26)24-14-17-7-5-4-6-8-17/h4-10,13,19,24H,11-12,14-16H2,1-3H3/t19-/m1/s1. The molecule has 0 aromatic heterocycles. The van der Waals surface area contributed by atoms with Gasteiger partial charge in [0.2, 0.25) is 0 Å². The second-order valence-electron chi connectivity index (χ2n) is 8.61. The van der Waals surface area contributed by atoms with Crippen molar-refractivity contribution >= 4 is 17.5 Å². The summed E-state index contributed by atoms with van der Waals surface area (Å²) in [5, 5.41) is 3.46. The zero-order valence-corrected chi connectivity index (χ0v) is 17.4. The molecule has 2 aliphatic rings. The van der Waals surface area contributed by atoms with Crippen LogP contribution in [-0.2, 0) is 11.3 Å².